The third kappa shape index (κ3) is 11.5. The zero-order valence-corrected chi connectivity index (χ0v) is 21.4. The Balaban J connectivity index is 0. The molecule has 1 spiro atoms. The number of amides is 2. The first-order valence-electron chi connectivity index (χ1n) is 11.4. The summed E-state index contributed by atoms with van der Waals surface area (Å²) in [6.07, 6.45) is 14.0. The van der Waals surface area contributed by atoms with Crippen molar-refractivity contribution in [1.29, 1.82) is 0 Å². The lowest BCUT2D eigenvalue weighted by atomic mass is 9.71. The maximum atomic E-state index is 10.6. The number of epoxide rings is 1. The number of nitrogens with one attached hydrogen (secondary N) is 1. The van der Waals surface area contributed by atoms with E-state index >= 15 is 0 Å². The Hall–Kier alpha value is -2.04. The van der Waals surface area contributed by atoms with Crippen LogP contribution in [0.5, 0.6) is 0 Å². The van der Waals surface area contributed by atoms with E-state index in [0.29, 0.717) is 5.92 Å². The summed E-state index contributed by atoms with van der Waals surface area (Å²) in [5.41, 5.74) is 6.35. The van der Waals surface area contributed by atoms with Crippen molar-refractivity contribution < 1.29 is 24.2 Å². The summed E-state index contributed by atoms with van der Waals surface area (Å²) in [5.74, 6) is -0.208. The highest BCUT2D eigenvalue weighted by Crippen LogP contribution is 2.51. The molecule has 2 aliphatic rings. The number of hydrogen-bond acceptors (Lipinski definition) is 4. The van der Waals surface area contributed by atoms with Crippen molar-refractivity contribution in [3.8, 4) is 12.8 Å². The number of ether oxygens (including phenoxy) is 2. The molecule has 0 aromatic heterocycles. The van der Waals surface area contributed by atoms with Crippen LogP contribution in [0, 0.1) is 24.7 Å². The monoisotopic (exact) mass is 454 g/mol. The summed E-state index contributed by atoms with van der Waals surface area (Å²) in [4.78, 5) is 20.7. The summed E-state index contributed by atoms with van der Waals surface area (Å²) in [5, 5.41) is 10.3. The number of nitrogens with two attached hydrogens (primary N) is 1. The molecular weight excluding hydrogens is 408 g/mol. The van der Waals surface area contributed by atoms with Crippen LogP contribution in [0.3, 0.4) is 0 Å². The van der Waals surface area contributed by atoms with Crippen molar-refractivity contribution in [2.45, 2.75) is 98.3 Å². The van der Waals surface area contributed by atoms with E-state index < -0.39 is 18.0 Å². The fraction of sp³-hybridized carbons (Fsp3) is 0.760. The van der Waals surface area contributed by atoms with Gasteiger partial charge in [0.25, 0.3) is 0 Å². The van der Waals surface area contributed by atoms with Gasteiger partial charge in [0.15, 0.2) is 0 Å². The van der Waals surface area contributed by atoms with E-state index in [4.69, 9.17) is 20.3 Å². The third-order valence-corrected chi connectivity index (χ3v) is 5.53. The van der Waals surface area contributed by atoms with Gasteiger partial charge in [0.2, 0.25) is 5.91 Å². The van der Waals surface area contributed by atoms with Crippen molar-refractivity contribution in [3.05, 3.63) is 11.6 Å². The summed E-state index contributed by atoms with van der Waals surface area (Å²) in [6, 6.07) is -0.799. The highest BCUT2D eigenvalue weighted by atomic mass is 16.6. The second-order valence-corrected chi connectivity index (χ2v) is 8.92. The largest absolute Gasteiger partial charge is 0.465 e. The maximum absolute atomic E-state index is 10.6. The summed E-state index contributed by atoms with van der Waals surface area (Å²) in [7, 11) is 0. The Morgan fingerprint density at radius 3 is 2.16 bits per heavy atom. The Labute approximate surface area is 195 Å². The van der Waals surface area contributed by atoms with Crippen LogP contribution in [0.1, 0.15) is 81.1 Å². The Bertz CT molecular complexity index is 603. The van der Waals surface area contributed by atoms with Crippen molar-refractivity contribution >= 4 is 12.0 Å². The number of hydrogen-bond donors (Lipinski definition) is 3. The summed E-state index contributed by atoms with van der Waals surface area (Å²) >= 11 is 0. The molecule has 2 rings (SSSR count). The van der Waals surface area contributed by atoms with E-state index in [9.17, 15) is 9.59 Å². The minimum absolute atomic E-state index is 0.0666. The third-order valence-electron chi connectivity index (χ3n) is 5.53. The molecule has 1 aliphatic carbocycles. The second-order valence-electron chi connectivity index (χ2n) is 8.92. The maximum Gasteiger partial charge on any atom is 0.405 e. The number of terminal acetylenes is 1. The molecule has 0 aromatic carbocycles. The van der Waals surface area contributed by atoms with Crippen molar-refractivity contribution in [2.24, 2.45) is 17.6 Å². The standard InChI is InChI=1S/C15H26O2.C6H12N2O3.C2H6.C2H2/c1-12(2)8-10-16-14(3,4)13-7-5-6-9-15(13)11-17-15;1-3(2)4(5(7)9)8-6(10)11;2*1-2/h8,13H,5-7,9-11H2,1-4H3;3-4,8H,1-2H3,(H2,7,9)(H,10,11);1-2H3;1-2H. The van der Waals surface area contributed by atoms with Crippen LogP contribution in [-0.2, 0) is 14.3 Å². The lowest BCUT2D eigenvalue weighted by Gasteiger charge is -2.40. The van der Waals surface area contributed by atoms with Crippen LogP contribution in [0.25, 0.3) is 0 Å². The number of allylic oxidation sites excluding steroid dienone is 1. The first-order valence-corrected chi connectivity index (χ1v) is 11.4. The number of primary amides is 1. The van der Waals surface area contributed by atoms with Crippen molar-refractivity contribution in [2.75, 3.05) is 13.2 Å². The van der Waals surface area contributed by atoms with Gasteiger partial charge in [0, 0.05) is 5.92 Å². The molecule has 7 nitrogen and oxygen atoms in total. The molecule has 1 saturated carbocycles. The minimum atomic E-state index is -1.23. The number of carboxylic acid groups (broad SMARTS) is 1. The van der Waals surface area contributed by atoms with Gasteiger partial charge >= 0.3 is 6.09 Å². The number of carbonyl (C=O) groups excluding carboxylic acids is 1. The Kier molecular flexibility index (Phi) is 15.8. The zero-order chi connectivity index (χ0) is 25.5. The van der Waals surface area contributed by atoms with Crippen molar-refractivity contribution in [1.82, 2.24) is 5.32 Å². The molecule has 186 valence electrons. The van der Waals surface area contributed by atoms with Gasteiger partial charge in [-0.05, 0) is 46.5 Å². The second kappa shape index (κ2) is 15.7. The van der Waals surface area contributed by atoms with Crippen LogP contribution < -0.4 is 11.1 Å². The average molecular weight is 455 g/mol. The van der Waals surface area contributed by atoms with E-state index in [1.807, 2.05) is 19.2 Å². The fourth-order valence-electron chi connectivity index (χ4n) is 3.85. The molecule has 0 aromatic rings. The van der Waals surface area contributed by atoms with Gasteiger partial charge < -0.3 is 25.6 Å². The van der Waals surface area contributed by atoms with E-state index in [-0.39, 0.29) is 17.1 Å². The molecule has 3 atom stereocenters. The molecule has 3 unspecified atom stereocenters. The Morgan fingerprint density at radius 2 is 1.81 bits per heavy atom. The molecule has 1 saturated heterocycles. The van der Waals surface area contributed by atoms with Gasteiger partial charge in [-0.1, -0.05) is 52.2 Å². The number of carbonyl (C=O) groups is 2. The molecule has 0 radical (unpaired) electrons. The molecule has 0 bridgehead atoms. The van der Waals surface area contributed by atoms with Gasteiger partial charge in [0.05, 0.1) is 24.4 Å². The first-order chi connectivity index (χ1) is 14.9. The summed E-state index contributed by atoms with van der Waals surface area (Å²) < 4.78 is 11.9. The highest BCUT2D eigenvalue weighted by molar-refractivity contribution is 5.83. The SMILES string of the molecule is C#C.CC.CC(C)=CCOC(C)(C)C1CCCCC12CO2.CC(C)C(NC(=O)O)C(N)=O. The van der Waals surface area contributed by atoms with Gasteiger partial charge in [-0.15, -0.1) is 12.8 Å². The van der Waals surface area contributed by atoms with Crippen LogP contribution in [0.2, 0.25) is 0 Å². The zero-order valence-electron chi connectivity index (χ0n) is 21.4. The predicted molar refractivity (Wildman–Crippen MR) is 130 cm³/mol. The molecule has 2 amide bonds. The topological polar surface area (TPSA) is 114 Å². The average Bonchev–Trinajstić information content (AvgIpc) is 3.48. The molecule has 1 heterocycles. The van der Waals surface area contributed by atoms with Gasteiger partial charge in [-0.25, -0.2) is 4.79 Å². The normalized spacial score (nSPS) is 21.9. The molecule has 2 fully saturated rings. The van der Waals surface area contributed by atoms with Gasteiger partial charge in [-0.3, -0.25) is 4.79 Å². The highest BCUT2D eigenvalue weighted by Gasteiger charge is 2.57. The quantitative estimate of drug-likeness (QED) is 0.292. The van der Waals surface area contributed by atoms with E-state index in [2.05, 4.69) is 46.6 Å². The predicted octanol–water partition coefficient (Wildman–Crippen LogP) is 4.75. The van der Waals surface area contributed by atoms with Gasteiger partial charge in [0.1, 0.15) is 6.04 Å². The van der Waals surface area contributed by atoms with Crippen molar-refractivity contribution in [3.63, 3.8) is 0 Å². The van der Waals surface area contributed by atoms with Gasteiger partial charge in [-0.2, -0.15) is 0 Å². The van der Waals surface area contributed by atoms with Crippen LogP contribution in [-0.4, -0.2) is 47.6 Å². The molecular formula is C25H46N2O5. The lowest BCUT2D eigenvalue weighted by molar-refractivity contribution is -0.120. The minimum Gasteiger partial charge on any atom is -0.465 e. The van der Waals surface area contributed by atoms with Crippen LogP contribution in [0.4, 0.5) is 4.79 Å². The molecule has 7 heteroatoms. The smallest absolute Gasteiger partial charge is 0.405 e. The molecule has 4 N–H and O–H groups in total. The van der Waals surface area contributed by atoms with E-state index in [0.717, 1.165) is 13.2 Å². The first kappa shape index (κ1) is 32.1. The fourth-order valence-corrected chi connectivity index (χ4v) is 3.85. The van der Waals surface area contributed by atoms with Crippen LogP contribution in [0.15, 0.2) is 11.6 Å². The molecule has 1 aliphatic heterocycles. The summed E-state index contributed by atoms with van der Waals surface area (Å²) in [6.45, 7) is 17.8. The Morgan fingerprint density at radius 1 is 1.28 bits per heavy atom. The van der Waals surface area contributed by atoms with Crippen LogP contribution >= 0.6 is 0 Å². The molecule has 32 heavy (non-hydrogen) atoms. The van der Waals surface area contributed by atoms with E-state index in [1.165, 1.54) is 31.3 Å². The van der Waals surface area contributed by atoms with E-state index in [1.54, 1.807) is 13.8 Å². The number of rotatable bonds is 7. The lowest BCUT2D eigenvalue weighted by Crippen LogP contribution is -2.47.